The van der Waals surface area contributed by atoms with Gasteiger partial charge in [0.05, 0.1) is 0 Å². The summed E-state index contributed by atoms with van der Waals surface area (Å²) in [6.45, 7) is 5.93. The van der Waals surface area contributed by atoms with E-state index in [0.717, 1.165) is 13.1 Å². The Balaban J connectivity index is 2.27. The highest BCUT2D eigenvalue weighted by Crippen LogP contribution is 2.26. The predicted molar refractivity (Wildman–Crippen MR) is 89.3 cm³/mol. The SMILES string of the molecule is CCN(CC)C(=O)CCCC(=O)NC(CN)C1CCCCC1. The Hall–Kier alpha value is -1.10. The molecule has 1 fully saturated rings. The summed E-state index contributed by atoms with van der Waals surface area (Å²) in [5.41, 5.74) is 5.83. The molecule has 2 amide bonds. The maximum Gasteiger partial charge on any atom is 0.222 e. The minimum atomic E-state index is 0.0355. The number of hydrogen-bond acceptors (Lipinski definition) is 3. The van der Waals surface area contributed by atoms with Crippen LogP contribution >= 0.6 is 0 Å². The van der Waals surface area contributed by atoms with Crippen LogP contribution in [0.3, 0.4) is 0 Å². The zero-order valence-electron chi connectivity index (χ0n) is 14.3. The van der Waals surface area contributed by atoms with E-state index in [0.29, 0.717) is 31.7 Å². The number of nitrogens with one attached hydrogen (secondary N) is 1. The molecule has 5 nitrogen and oxygen atoms in total. The van der Waals surface area contributed by atoms with E-state index in [1.807, 2.05) is 18.7 Å². The molecule has 0 spiro atoms. The van der Waals surface area contributed by atoms with Gasteiger partial charge >= 0.3 is 0 Å². The first-order chi connectivity index (χ1) is 10.6. The lowest BCUT2D eigenvalue weighted by Gasteiger charge is -2.30. The summed E-state index contributed by atoms with van der Waals surface area (Å²) in [7, 11) is 0. The highest BCUT2D eigenvalue weighted by molar-refractivity contribution is 5.79. The molecule has 5 heteroatoms. The lowest BCUT2D eigenvalue weighted by Crippen LogP contribution is -2.45. The predicted octanol–water partition coefficient (Wildman–Crippen LogP) is 2.05. The van der Waals surface area contributed by atoms with Gasteiger partial charge in [0.1, 0.15) is 0 Å². The average Bonchev–Trinajstić information content (AvgIpc) is 2.54. The Bertz CT molecular complexity index is 337. The van der Waals surface area contributed by atoms with Gasteiger partial charge in [-0.2, -0.15) is 0 Å². The first-order valence-electron chi connectivity index (χ1n) is 8.89. The van der Waals surface area contributed by atoms with Crippen LogP contribution in [0, 0.1) is 5.92 Å². The van der Waals surface area contributed by atoms with Crippen LogP contribution in [0.4, 0.5) is 0 Å². The standard InChI is InChI=1S/C17H33N3O2/c1-3-20(4-2)17(22)12-8-11-16(21)19-15(13-18)14-9-6-5-7-10-14/h14-15H,3-13,18H2,1-2H3,(H,19,21). The molecule has 3 N–H and O–H groups in total. The van der Waals surface area contributed by atoms with Crippen molar-refractivity contribution in [3.05, 3.63) is 0 Å². The van der Waals surface area contributed by atoms with Crippen molar-refractivity contribution in [1.29, 1.82) is 0 Å². The molecule has 1 atom stereocenters. The zero-order valence-corrected chi connectivity index (χ0v) is 14.3. The number of rotatable bonds is 9. The van der Waals surface area contributed by atoms with E-state index in [-0.39, 0.29) is 17.9 Å². The van der Waals surface area contributed by atoms with E-state index in [9.17, 15) is 9.59 Å². The quantitative estimate of drug-likeness (QED) is 0.684. The first kappa shape index (κ1) is 18.9. The van der Waals surface area contributed by atoms with Crippen molar-refractivity contribution in [1.82, 2.24) is 10.2 Å². The molecule has 128 valence electrons. The molecule has 0 aromatic rings. The van der Waals surface area contributed by atoms with E-state index in [4.69, 9.17) is 5.73 Å². The summed E-state index contributed by atoms with van der Waals surface area (Å²) < 4.78 is 0. The lowest BCUT2D eigenvalue weighted by atomic mass is 9.84. The van der Waals surface area contributed by atoms with Crippen LogP contribution in [-0.2, 0) is 9.59 Å². The second kappa shape index (κ2) is 10.6. The van der Waals surface area contributed by atoms with Gasteiger partial charge in [0, 0.05) is 38.5 Å². The van der Waals surface area contributed by atoms with Crippen molar-refractivity contribution < 1.29 is 9.59 Å². The van der Waals surface area contributed by atoms with Gasteiger partial charge in [-0.15, -0.1) is 0 Å². The fourth-order valence-electron chi connectivity index (χ4n) is 3.32. The Morgan fingerprint density at radius 2 is 1.77 bits per heavy atom. The number of nitrogens with two attached hydrogens (primary N) is 1. The molecule has 1 aliphatic carbocycles. The fraction of sp³-hybridized carbons (Fsp3) is 0.882. The summed E-state index contributed by atoms with van der Waals surface area (Å²) in [6.07, 6.45) is 7.61. The molecule has 1 unspecified atom stereocenters. The Labute approximate surface area is 135 Å². The zero-order chi connectivity index (χ0) is 16.4. The van der Waals surface area contributed by atoms with Gasteiger partial charge < -0.3 is 16.0 Å². The van der Waals surface area contributed by atoms with Crippen molar-refractivity contribution in [2.75, 3.05) is 19.6 Å². The largest absolute Gasteiger partial charge is 0.352 e. The van der Waals surface area contributed by atoms with E-state index >= 15 is 0 Å². The van der Waals surface area contributed by atoms with Crippen LogP contribution in [0.5, 0.6) is 0 Å². The molecule has 0 aromatic carbocycles. The summed E-state index contributed by atoms with van der Waals surface area (Å²) in [6, 6.07) is 0.103. The van der Waals surface area contributed by atoms with Crippen molar-refractivity contribution in [2.45, 2.75) is 71.3 Å². The monoisotopic (exact) mass is 311 g/mol. The van der Waals surface area contributed by atoms with Gasteiger partial charge in [-0.3, -0.25) is 9.59 Å². The van der Waals surface area contributed by atoms with E-state index < -0.39 is 0 Å². The minimum Gasteiger partial charge on any atom is -0.352 e. The van der Waals surface area contributed by atoms with Gasteiger partial charge in [0.25, 0.3) is 0 Å². The molecule has 1 aliphatic rings. The number of carbonyl (C=O) groups is 2. The van der Waals surface area contributed by atoms with Crippen LogP contribution < -0.4 is 11.1 Å². The molecule has 0 saturated heterocycles. The molecule has 1 saturated carbocycles. The Kier molecular flexibility index (Phi) is 9.13. The van der Waals surface area contributed by atoms with Gasteiger partial charge in [-0.05, 0) is 39.0 Å². The topological polar surface area (TPSA) is 75.4 Å². The van der Waals surface area contributed by atoms with Crippen molar-refractivity contribution in [3.63, 3.8) is 0 Å². The number of nitrogens with zero attached hydrogens (tertiary/aromatic N) is 1. The third-order valence-corrected chi connectivity index (χ3v) is 4.73. The first-order valence-corrected chi connectivity index (χ1v) is 8.89. The van der Waals surface area contributed by atoms with Crippen molar-refractivity contribution >= 4 is 11.8 Å². The highest BCUT2D eigenvalue weighted by Gasteiger charge is 2.23. The smallest absolute Gasteiger partial charge is 0.222 e. The lowest BCUT2D eigenvalue weighted by molar-refractivity contribution is -0.131. The van der Waals surface area contributed by atoms with Gasteiger partial charge in [-0.25, -0.2) is 0 Å². The third kappa shape index (κ3) is 6.34. The molecule has 22 heavy (non-hydrogen) atoms. The van der Waals surface area contributed by atoms with E-state index in [1.54, 1.807) is 0 Å². The van der Waals surface area contributed by atoms with Gasteiger partial charge in [-0.1, -0.05) is 19.3 Å². The molecule has 0 aromatic heterocycles. The van der Waals surface area contributed by atoms with E-state index in [1.165, 1.54) is 32.1 Å². The minimum absolute atomic E-state index is 0.0355. The molecule has 0 heterocycles. The third-order valence-electron chi connectivity index (χ3n) is 4.73. The molecular weight excluding hydrogens is 278 g/mol. The van der Waals surface area contributed by atoms with Crippen LogP contribution in [0.1, 0.15) is 65.2 Å². The second-order valence-corrected chi connectivity index (χ2v) is 6.23. The van der Waals surface area contributed by atoms with Crippen molar-refractivity contribution in [2.24, 2.45) is 11.7 Å². The number of amides is 2. The molecule has 1 rings (SSSR count). The molecule has 0 bridgehead atoms. The van der Waals surface area contributed by atoms with Crippen LogP contribution in [-0.4, -0.2) is 42.4 Å². The van der Waals surface area contributed by atoms with Crippen LogP contribution in [0.25, 0.3) is 0 Å². The van der Waals surface area contributed by atoms with Gasteiger partial charge in [0.15, 0.2) is 0 Å². The summed E-state index contributed by atoms with van der Waals surface area (Å²) in [4.78, 5) is 25.7. The fourth-order valence-corrected chi connectivity index (χ4v) is 3.32. The van der Waals surface area contributed by atoms with Gasteiger partial charge in [0.2, 0.25) is 11.8 Å². The van der Waals surface area contributed by atoms with E-state index in [2.05, 4.69) is 5.32 Å². The number of carbonyl (C=O) groups excluding carboxylic acids is 2. The molecular formula is C17H33N3O2. The highest BCUT2D eigenvalue weighted by atomic mass is 16.2. The Morgan fingerprint density at radius 3 is 2.32 bits per heavy atom. The van der Waals surface area contributed by atoms with Crippen LogP contribution in [0.2, 0.25) is 0 Å². The summed E-state index contributed by atoms with van der Waals surface area (Å²) >= 11 is 0. The summed E-state index contributed by atoms with van der Waals surface area (Å²) in [5, 5.41) is 3.08. The molecule has 0 radical (unpaired) electrons. The van der Waals surface area contributed by atoms with Crippen LogP contribution in [0.15, 0.2) is 0 Å². The maximum atomic E-state index is 12.1. The van der Waals surface area contributed by atoms with Crippen molar-refractivity contribution in [3.8, 4) is 0 Å². The second-order valence-electron chi connectivity index (χ2n) is 6.23. The summed E-state index contributed by atoms with van der Waals surface area (Å²) in [5.74, 6) is 0.703. The average molecular weight is 311 g/mol. The number of hydrogen-bond donors (Lipinski definition) is 2. The molecule has 0 aliphatic heterocycles. The normalized spacial score (nSPS) is 17.0. The Morgan fingerprint density at radius 1 is 1.14 bits per heavy atom. The maximum absolute atomic E-state index is 12.1.